The third kappa shape index (κ3) is 2.26. The van der Waals surface area contributed by atoms with Gasteiger partial charge in [0.05, 0.1) is 18.6 Å². The van der Waals surface area contributed by atoms with Gasteiger partial charge in [0.25, 0.3) is 0 Å². The van der Waals surface area contributed by atoms with Crippen LogP contribution in [-0.4, -0.2) is 58.6 Å². The Hall–Kier alpha value is -1.18. The number of amides is 3. The van der Waals surface area contributed by atoms with E-state index in [1.165, 1.54) is 4.90 Å². The van der Waals surface area contributed by atoms with Gasteiger partial charge < -0.3 is 14.9 Å². The molecule has 0 radical (unpaired) electrons. The quantitative estimate of drug-likeness (QED) is 0.559. The van der Waals surface area contributed by atoms with E-state index in [4.69, 9.17) is 9.84 Å². The first-order valence-electron chi connectivity index (χ1n) is 5.58. The van der Waals surface area contributed by atoms with E-state index < -0.39 is 24.5 Å². The molecule has 17 heavy (non-hydrogen) atoms. The largest absolute Gasteiger partial charge is 0.394 e. The number of hydrogen-bond acceptors (Lipinski definition) is 5. The molecule has 0 aliphatic carbocycles. The molecule has 7 heteroatoms. The van der Waals surface area contributed by atoms with Crippen molar-refractivity contribution in [2.24, 2.45) is 5.92 Å². The fourth-order valence-corrected chi connectivity index (χ4v) is 2.08. The normalized spacial score (nSPS) is 38.4. The fraction of sp³-hybridized carbons (Fsp3) is 0.800. The molecule has 7 nitrogen and oxygen atoms in total. The molecule has 0 aromatic rings. The van der Waals surface area contributed by atoms with Gasteiger partial charge in [0.15, 0.2) is 0 Å². The van der Waals surface area contributed by atoms with Crippen molar-refractivity contribution < 1.29 is 24.5 Å². The predicted octanol–water partition coefficient (Wildman–Crippen LogP) is -1.36. The van der Waals surface area contributed by atoms with Gasteiger partial charge in [-0.2, -0.15) is 0 Å². The molecule has 96 valence electrons. The van der Waals surface area contributed by atoms with Gasteiger partial charge in [-0.05, 0) is 0 Å². The number of carbonyl (C=O) groups excluding carboxylic acids is 2. The molecule has 2 heterocycles. The summed E-state index contributed by atoms with van der Waals surface area (Å²) in [7, 11) is 0. The summed E-state index contributed by atoms with van der Waals surface area (Å²) in [6.45, 7) is 1.69. The van der Waals surface area contributed by atoms with Crippen molar-refractivity contribution in [2.45, 2.75) is 31.8 Å². The van der Waals surface area contributed by atoms with Crippen LogP contribution in [0.1, 0.15) is 13.3 Å². The van der Waals surface area contributed by atoms with Gasteiger partial charge in [-0.25, -0.2) is 4.79 Å². The van der Waals surface area contributed by atoms with Crippen LogP contribution in [0, 0.1) is 5.92 Å². The zero-order chi connectivity index (χ0) is 12.6. The van der Waals surface area contributed by atoms with Gasteiger partial charge in [-0.15, -0.1) is 0 Å². The number of carbonyl (C=O) groups is 2. The van der Waals surface area contributed by atoms with Crippen LogP contribution >= 0.6 is 0 Å². The second-order valence-electron chi connectivity index (χ2n) is 4.46. The molecule has 2 rings (SSSR count). The Balaban J connectivity index is 2.03. The van der Waals surface area contributed by atoms with Gasteiger partial charge in [-0.3, -0.25) is 15.0 Å². The lowest BCUT2D eigenvalue weighted by molar-refractivity contribution is -0.128. The van der Waals surface area contributed by atoms with Crippen LogP contribution in [0.4, 0.5) is 4.79 Å². The fourth-order valence-electron chi connectivity index (χ4n) is 2.08. The highest BCUT2D eigenvalue weighted by Crippen LogP contribution is 2.25. The summed E-state index contributed by atoms with van der Waals surface area (Å²) in [4.78, 5) is 24.2. The van der Waals surface area contributed by atoms with Crippen LogP contribution < -0.4 is 5.32 Å². The van der Waals surface area contributed by atoms with Crippen molar-refractivity contribution >= 4 is 11.9 Å². The Kier molecular flexibility index (Phi) is 3.32. The van der Waals surface area contributed by atoms with Crippen molar-refractivity contribution in [1.29, 1.82) is 0 Å². The molecule has 0 bridgehead atoms. The zero-order valence-corrected chi connectivity index (χ0v) is 9.50. The summed E-state index contributed by atoms with van der Waals surface area (Å²) >= 11 is 0. The molecular weight excluding hydrogens is 230 g/mol. The van der Waals surface area contributed by atoms with Gasteiger partial charge in [0.1, 0.15) is 12.3 Å². The van der Waals surface area contributed by atoms with E-state index in [1.807, 2.05) is 0 Å². The minimum absolute atomic E-state index is 0.250. The van der Waals surface area contributed by atoms with E-state index in [0.29, 0.717) is 0 Å². The molecule has 2 aliphatic rings. The molecule has 1 unspecified atom stereocenters. The number of nitrogens with one attached hydrogen (secondary N) is 1. The number of nitrogens with zero attached hydrogens (tertiary/aromatic N) is 1. The average Bonchev–Trinajstić information content (AvgIpc) is 2.65. The summed E-state index contributed by atoms with van der Waals surface area (Å²) in [6.07, 6.45) is -1.79. The lowest BCUT2D eigenvalue weighted by atomic mass is 10.1. The van der Waals surface area contributed by atoms with Crippen LogP contribution in [0.3, 0.4) is 0 Å². The van der Waals surface area contributed by atoms with Crippen LogP contribution in [0.25, 0.3) is 0 Å². The van der Waals surface area contributed by atoms with E-state index in [9.17, 15) is 14.7 Å². The molecule has 4 atom stereocenters. The first-order valence-corrected chi connectivity index (χ1v) is 5.58. The molecule has 0 saturated carbocycles. The Labute approximate surface area is 98.3 Å². The third-order valence-corrected chi connectivity index (χ3v) is 3.14. The molecule has 2 saturated heterocycles. The Morgan fingerprint density at radius 1 is 1.53 bits per heavy atom. The Morgan fingerprint density at radius 3 is 2.82 bits per heavy atom. The molecule has 0 aromatic heterocycles. The summed E-state index contributed by atoms with van der Waals surface area (Å²) in [6, 6.07) is -0.510. The second kappa shape index (κ2) is 4.59. The van der Waals surface area contributed by atoms with Crippen molar-refractivity contribution in [3.05, 3.63) is 0 Å². The predicted molar refractivity (Wildman–Crippen MR) is 55.8 cm³/mol. The van der Waals surface area contributed by atoms with Crippen LogP contribution in [0.15, 0.2) is 0 Å². The molecule has 0 aromatic carbocycles. The first-order chi connectivity index (χ1) is 8.02. The van der Waals surface area contributed by atoms with Gasteiger partial charge in [0, 0.05) is 13.0 Å². The maximum atomic E-state index is 11.6. The lowest BCUT2D eigenvalue weighted by Gasteiger charge is -2.34. The van der Waals surface area contributed by atoms with Crippen molar-refractivity contribution in [3.8, 4) is 0 Å². The SMILES string of the molecule is CC1CN([C@H]2C[C@H](O)[C@@H]([14CH2]O)O2)C(=O)NC1=O. The van der Waals surface area contributed by atoms with E-state index in [0.717, 1.165) is 0 Å². The number of hydrogen-bond donors (Lipinski definition) is 3. The highest BCUT2D eigenvalue weighted by molar-refractivity contribution is 5.97. The lowest BCUT2D eigenvalue weighted by Crippen LogP contribution is -2.57. The van der Waals surface area contributed by atoms with Gasteiger partial charge in [-0.1, -0.05) is 6.92 Å². The van der Waals surface area contributed by atoms with Gasteiger partial charge in [0.2, 0.25) is 5.91 Å². The molecule has 2 fully saturated rings. The van der Waals surface area contributed by atoms with Crippen molar-refractivity contribution in [3.63, 3.8) is 0 Å². The summed E-state index contributed by atoms with van der Waals surface area (Å²) < 4.78 is 5.37. The second-order valence-corrected chi connectivity index (χ2v) is 4.46. The highest BCUT2D eigenvalue weighted by atomic mass is 16.6. The maximum absolute atomic E-state index is 11.6. The highest BCUT2D eigenvalue weighted by Gasteiger charge is 2.41. The Bertz CT molecular complexity index is 335. The van der Waals surface area contributed by atoms with Crippen molar-refractivity contribution in [1.82, 2.24) is 10.2 Å². The number of urea groups is 1. The summed E-state index contributed by atoms with van der Waals surface area (Å²) in [5.41, 5.74) is 0. The minimum Gasteiger partial charge on any atom is -0.394 e. The Morgan fingerprint density at radius 2 is 2.24 bits per heavy atom. The van der Waals surface area contributed by atoms with E-state index >= 15 is 0 Å². The molecule has 0 spiro atoms. The topological polar surface area (TPSA) is 99.1 Å². The van der Waals surface area contributed by atoms with Crippen LogP contribution in [0.2, 0.25) is 0 Å². The number of rotatable bonds is 2. The number of imide groups is 1. The third-order valence-electron chi connectivity index (χ3n) is 3.14. The number of ether oxygens (including phenoxy) is 1. The molecular formula is C10H16N2O5. The summed E-state index contributed by atoms with van der Waals surface area (Å²) in [5.74, 6) is -0.606. The van der Waals surface area contributed by atoms with Crippen molar-refractivity contribution in [2.75, 3.05) is 13.2 Å². The monoisotopic (exact) mass is 246 g/mol. The smallest absolute Gasteiger partial charge is 0.326 e. The van der Waals surface area contributed by atoms with Gasteiger partial charge >= 0.3 is 6.03 Å². The standard InChI is InChI=1S/C10H16N2O5/c1-5-3-12(10(16)11-9(5)15)8-2-6(14)7(4-13)17-8/h5-8,13-14H,2-4H2,1H3,(H,11,15,16)/t5?,6-,7+,8+/m0/s1/i4+2. The minimum atomic E-state index is -0.786. The van der Waals surface area contributed by atoms with E-state index in [-0.39, 0.29) is 31.4 Å². The number of aliphatic hydroxyl groups is 2. The molecule has 3 N–H and O–H groups in total. The van der Waals surface area contributed by atoms with E-state index in [2.05, 4.69) is 5.32 Å². The molecule has 3 amide bonds. The van der Waals surface area contributed by atoms with Crippen LogP contribution in [0.5, 0.6) is 0 Å². The summed E-state index contributed by atoms with van der Waals surface area (Å²) in [5, 5.41) is 20.8. The average molecular weight is 246 g/mol. The maximum Gasteiger partial charge on any atom is 0.326 e. The zero-order valence-electron chi connectivity index (χ0n) is 9.50. The first kappa shape index (κ1) is 12.3. The number of aliphatic hydroxyl groups excluding tert-OH is 2. The molecule has 2 aliphatic heterocycles. The van der Waals surface area contributed by atoms with E-state index in [1.54, 1.807) is 6.92 Å². The van der Waals surface area contributed by atoms with Crippen LogP contribution in [-0.2, 0) is 9.53 Å².